The number of hydrogen-bond acceptors (Lipinski definition) is 2. The molecule has 2 heteroatoms. The first-order chi connectivity index (χ1) is 9.35. The molecule has 1 saturated carbocycles. The summed E-state index contributed by atoms with van der Waals surface area (Å²) in [6.07, 6.45) is 5.32. The Morgan fingerprint density at radius 2 is 1.95 bits per heavy atom. The lowest BCUT2D eigenvalue weighted by atomic mass is 10.1. The fourth-order valence-electron chi connectivity index (χ4n) is 3.14. The highest BCUT2D eigenvalue weighted by Crippen LogP contribution is 2.23. The van der Waals surface area contributed by atoms with Crippen LogP contribution in [0.4, 0.5) is 0 Å². The third-order valence-electron chi connectivity index (χ3n) is 4.54. The fraction of sp³-hybridized carbons (Fsp3) is 0.647. The molecule has 3 rings (SSSR count). The van der Waals surface area contributed by atoms with Crippen molar-refractivity contribution in [2.45, 2.75) is 45.2 Å². The highest BCUT2D eigenvalue weighted by Gasteiger charge is 2.26. The van der Waals surface area contributed by atoms with Gasteiger partial charge in [0.2, 0.25) is 0 Å². The minimum atomic E-state index is 0.856. The van der Waals surface area contributed by atoms with Gasteiger partial charge in [-0.2, -0.15) is 0 Å². The Morgan fingerprint density at radius 1 is 1.16 bits per heavy atom. The first kappa shape index (κ1) is 13.1. The number of likely N-dealkylation sites (tertiary alicyclic amines) is 1. The zero-order valence-corrected chi connectivity index (χ0v) is 12.1. The van der Waals surface area contributed by atoms with Gasteiger partial charge in [-0.3, -0.25) is 4.90 Å². The highest BCUT2D eigenvalue weighted by molar-refractivity contribution is 5.27. The monoisotopic (exact) mass is 258 g/mol. The molecule has 0 bridgehead atoms. The molecule has 1 N–H and O–H groups in total. The average Bonchev–Trinajstić information content (AvgIpc) is 3.17. The molecule has 19 heavy (non-hydrogen) atoms. The summed E-state index contributed by atoms with van der Waals surface area (Å²) in [5.41, 5.74) is 3.04. The summed E-state index contributed by atoms with van der Waals surface area (Å²) in [5, 5.41) is 3.68. The lowest BCUT2D eigenvalue weighted by molar-refractivity contribution is 0.313. The van der Waals surface area contributed by atoms with Crippen LogP contribution in [-0.2, 0) is 13.0 Å². The van der Waals surface area contributed by atoms with Crippen molar-refractivity contribution in [2.24, 2.45) is 5.92 Å². The van der Waals surface area contributed by atoms with Gasteiger partial charge in [0.05, 0.1) is 0 Å². The van der Waals surface area contributed by atoms with Crippen LogP contribution in [-0.4, -0.2) is 30.6 Å². The second-order valence-corrected chi connectivity index (χ2v) is 6.19. The maximum atomic E-state index is 3.68. The van der Waals surface area contributed by atoms with Crippen LogP contribution in [0.15, 0.2) is 24.3 Å². The van der Waals surface area contributed by atoms with E-state index in [9.17, 15) is 0 Å². The molecule has 1 saturated heterocycles. The van der Waals surface area contributed by atoms with Gasteiger partial charge in [0.15, 0.2) is 0 Å². The van der Waals surface area contributed by atoms with E-state index in [1.54, 1.807) is 0 Å². The Balaban J connectivity index is 1.50. The standard InChI is InChI=1S/C17H26N2/c1-2-15-5-3-4-6-16(15)13-19-10-9-14(12-19)11-18-17-7-8-17/h3-6,14,17-18H,2,7-13H2,1H3. The number of hydrogen-bond donors (Lipinski definition) is 1. The maximum Gasteiger partial charge on any atom is 0.0236 e. The van der Waals surface area contributed by atoms with Crippen LogP contribution in [0.2, 0.25) is 0 Å². The van der Waals surface area contributed by atoms with Crippen LogP contribution < -0.4 is 5.32 Å². The Kier molecular flexibility index (Phi) is 4.19. The summed E-state index contributed by atoms with van der Waals surface area (Å²) < 4.78 is 0. The van der Waals surface area contributed by atoms with Crippen molar-refractivity contribution in [1.82, 2.24) is 10.2 Å². The van der Waals surface area contributed by atoms with Crippen molar-refractivity contribution in [1.29, 1.82) is 0 Å². The molecular weight excluding hydrogens is 232 g/mol. The Hall–Kier alpha value is -0.860. The topological polar surface area (TPSA) is 15.3 Å². The van der Waals surface area contributed by atoms with Crippen molar-refractivity contribution in [3.63, 3.8) is 0 Å². The summed E-state index contributed by atoms with van der Waals surface area (Å²) in [6, 6.07) is 9.77. The van der Waals surface area contributed by atoms with Crippen molar-refractivity contribution in [2.75, 3.05) is 19.6 Å². The maximum absolute atomic E-state index is 3.68. The third-order valence-corrected chi connectivity index (χ3v) is 4.54. The zero-order chi connectivity index (χ0) is 13.1. The van der Waals surface area contributed by atoms with Gasteiger partial charge < -0.3 is 5.32 Å². The molecule has 104 valence electrons. The molecule has 2 aliphatic rings. The van der Waals surface area contributed by atoms with Gasteiger partial charge in [0.1, 0.15) is 0 Å². The number of aryl methyl sites for hydroxylation is 1. The fourth-order valence-corrected chi connectivity index (χ4v) is 3.14. The highest BCUT2D eigenvalue weighted by atomic mass is 15.1. The van der Waals surface area contributed by atoms with Gasteiger partial charge in [0, 0.05) is 19.1 Å². The molecule has 1 aliphatic carbocycles. The second-order valence-electron chi connectivity index (χ2n) is 6.19. The van der Waals surface area contributed by atoms with Crippen LogP contribution in [0.1, 0.15) is 37.3 Å². The molecule has 1 aromatic carbocycles. The smallest absolute Gasteiger partial charge is 0.0236 e. The van der Waals surface area contributed by atoms with E-state index in [1.807, 2.05) is 0 Å². The molecule has 0 spiro atoms. The molecule has 1 aliphatic heterocycles. The summed E-state index contributed by atoms with van der Waals surface area (Å²) in [4.78, 5) is 2.63. The van der Waals surface area contributed by atoms with Crippen LogP contribution in [0.25, 0.3) is 0 Å². The van der Waals surface area contributed by atoms with E-state index in [4.69, 9.17) is 0 Å². The zero-order valence-electron chi connectivity index (χ0n) is 12.1. The van der Waals surface area contributed by atoms with Gasteiger partial charge in [0.25, 0.3) is 0 Å². The summed E-state index contributed by atoms with van der Waals surface area (Å²) in [5.74, 6) is 0.870. The molecule has 2 nitrogen and oxygen atoms in total. The summed E-state index contributed by atoms with van der Waals surface area (Å²) in [7, 11) is 0. The van der Waals surface area contributed by atoms with Crippen molar-refractivity contribution in [3.05, 3.63) is 35.4 Å². The van der Waals surface area contributed by atoms with Crippen LogP contribution in [0.5, 0.6) is 0 Å². The number of nitrogens with one attached hydrogen (secondary N) is 1. The van der Waals surface area contributed by atoms with Gasteiger partial charge in [-0.1, -0.05) is 31.2 Å². The van der Waals surface area contributed by atoms with Gasteiger partial charge in [-0.25, -0.2) is 0 Å². The predicted octanol–water partition coefficient (Wildman–Crippen LogP) is 2.82. The molecule has 0 amide bonds. The number of rotatable bonds is 6. The molecule has 1 atom stereocenters. The molecule has 0 radical (unpaired) electrons. The molecule has 2 fully saturated rings. The van der Waals surface area contributed by atoms with Crippen molar-refractivity contribution >= 4 is 0 Å². The first-order valence-corrected chi connectivity index (χ1v) is 7.87. The van der Waals surface area contributed by atoms with E-state index in [0.717, 1.165) is 24.9 Å². The Bertz CT molecular complexity index is 411. The largest absolute Gasteiger partial charge is 0.314 e. The molecule has 1 heterocycles. The SMILES string of the molecule is CCc1ccccc1CN1CCC(CNC2CC2)C1. The van der Waals surface area contributed by atoms with Crippen molar-refractivity contribution < 1.29 is 0 Å². The average molecular weight is 258 g/mol. The lowest BCUT2D eigenvalue weighted by Gasteiger charge is -2.18. The lowest BCUT2D eigenvalue weighted by Crippen LogP contribution is -2.27. The quantitative estimate of drug-likeness (QED) is 0.844. The molecule has 1 unspecified atom stereocenters. The molecule has 1 aromatic rings. The minimum absolute atomic E-state index is 0.856. The van der Waals surface area contributed by atoms with Crippen LogP contribution in [0, 0.1) is 5.92 Å². The van der Waals surface area contributed by atoms with E-state index in [-0.39, 0.29) is 0 Å². The van der Waals surface area contributed by atoms with Crippen LogP contribution >= 0.6 is 0 Å². The Labute approximate surface area is 117 Å². The van der Waals surface area contributed by atoms with Crippen LogP contribution in [0.3, 0.4) is 0 Å². The third kappa shape index (κ3) is 3.58. The van der Waals surface area contributed by atoms with E-state index >= 15 is 0 Å². The number of benzene rings is 1. The van der Waals surface area contributed by atoms with Gasteiger partial charge >= 0.3 is 0 Å². The Morgan fingerprint density at radius 3 is 2.68 bits per heavy atom. The van der Waals surface area contributed by atoms with Gasteiger partial charge in [-0.15, -0.1) is 0 Å². The molecular formula is C17H26N2. The second kappa shape index (κ2) is 6.06. The normalized spacial score (nSPS) is 23.9. The minimum Gasteiger partial charge on any atom is -0.314 e. The van der Waals surface area contributed by atoms with Gasteiger partial charge in [-0.05, 0) is 55.8 Å². The van der Waals surface area contributed by atoms with E-state index in [1.165, 1.54) is 50.0 Å². The summed E-state index contributed by atoms with van der Waals surface area (Å²) >= 11 is 0. The van der Waals surface area contributed by atoms with E-state index in [0.29, 0.717) is 0 Å². The number of nitrogens with zero attached hydrogens (tertiary/aromatic N) is 1. The summed E-state index contributed by atoms with van der Waals surface area (Å²) in [6.45, 7) is 7.18. The predicted molar refractivity (Wildman–Crippen MR) is 80.2 cm³/mol. The molecule has 0 aromatic heterocycles. The first-order valence-electron chi connectivity index (χ1n) is 7.87. The van der Waals surface area contributed by atoms with E-state index < -0.39 is 0 Å². The van der Waals surface area contributed by atoms with E-state index in [2.05, 4.69) is 41.4 Å². The van der Waals surface area contributed by atoms with Crippen molar-refractivity contribution in [3.8, 4) is 0 Å².